The Hall–Kier alpha value is -2.41. The number of rotatable bonds is 3. The second-order valence-corrected chi connectivity index (χ2v) is 6.52. The van der Waals surface area contributed by atoms with Gasteiger partial charge in [0.2, 0.25) is 0 Å². The third-order valence-electron chi connectivity index (χ3n) is 4.47. The second-order valence-electron chi connectivity index (χ2n) is 6.52. The lowest BCUT2D eigenvalue weighted by Crippen LogP contribution is -2.26. The number of ether oxygens (including phenoxy) is 3. The van der Waals surface area contributed by atoms with Crippen molar-refractivity contribution in [3.05, 3.63) is 34.4 Å². The van der Waals surface area contributed by atoms with Gasteiger partial charge in [-0.15, -0.1) is 0 Å². The molecule has 1 aliphatic heterocycles. The monoisotopic (exact) mass is 364 g/mol. The van der Waals surface area contributed by atoms with Gasteiger partial charge in [-0.05, 0) is 43.1 Å². The predicted molar refractivity (Wildman–Crippen MR) is 91.8 cm³/mol. The Balaban J connectivity index is 2.42. The number of hydrogen-bond acceptors (Lipinski definition) is 7. The van der Waals surface area contributed by atoms with Crippen LogP contribution in [0.3, 0.4) is 0 Å². The number of allylic oxidation sites excluding steroid dienone is 1. The second kappa shape index (κ2) is 8.31. The van der Waals surface area contributed by atoms with Crippen LogP contribution in [0.5, 0.6) is 0 Å². The van der Waals surface area contributed by atoms with E-state index in [9.17, 15) is 19.5 Å². The molecular weight excluding hydrogens is 340 g/mol. The largest absolute Gasteiger partial charge is 0.461 e. The van der Waals surface area contributed by atoms with Crippen molar-refractivity contribution in [1.29, 1.82) is 0 Å². The first-order valence-corrected chi connectivity index (χ1v) is 8.45. The lowest BCUT2D eigenvalue weighted by molar-refractivity contribution is -0.146. The Kier molecular flexibility index (Phi) is 6.37. The predicted octanol–water partition coefficient (Wildman–Crippen LogP) is 1.75. The lowest BCUT2D eigenvalue weighted by atomic mass is 9.92. The lowest BCUT2D eigenvalue weighted by Gasteiger charge is -2.24. The van der Waals surface area contributed by atoms with Crippen molar-refractivity contribution in [1.82, 2.24) is 0 Å². The van der Waals surface area contributed by atoms with Crippen molar-refractivity contribution >= 4 is 17.9 Å². The number of fused-ring (bicyclic) bond motifs is 1. The molecule has 1 heterocycles. The van der Waals surface area contributed by atoms with E-state index >= 15 is 0 Å². The Bertz CT molecular complexity index is 699. The number of carbonyl (C=O) groups excluding carboxylic acids is 3. The standard InChI is InChI=1S/C19H24O7/c1-10-5-6-14-15(9-24-12(3)20)19(23)26-18(14)7-11(2)17(8-16(10)22)25-13(4)21/h5,7,16-18,22H,6,8-9H2,1-4H3/b10-5-,11-7-/t16-,17+,18+/m0/s1. The highest BCUT2D eigenvalue weighted by Gasteiger charge is 2.34. The Morgan fingerprint density at radius 2 is 1.92 bits per heavy atom. The maximum absolute atomic E-state index is 12.2. The van der Waals surface area contributed by atoms with Gasteiger partial charge < -0.3 is 19.3 Å². The van der Waals surface area contributed by atoms with Gasteiger partial charge in [0.15, 0.2) is 0 Å². The smallest absolute Gasteiger partial charge is 0.338 e. The number of aliphatic hydroxyl groups excluding tert-OH is 1. The van der Waals surface area contributed by atoms with E-state index in [1.807, 2.05) is 6.08 Å². The molecule has 1 N–H and O–H groups in total. The van der Waals surface area contributed by atoms with Crippen molar-refractivity contribution in [3.63, 3.8) is 0 Å². The molecule has 2 aliphatic rings. The zero-order valence-corrected chi connectivity index (χ0v) is 15.4. The summed E-state index contributed by atoms with van der Waals surface area (Å²) >= 11 is 0. The van der Waals surface area contributed by atoms with E-state index < -0.39 is 36.2 Å². The molecule has 2 rings (SSSR count). The number of esters is 3. The first kappa shape index (κ1) is 19.9. The van der Waals surface area contributed by atoms with Crippen molar-refractivity contribution < 1.29 is 33.7 Å². The molecule has 26 heavy (non-hydrogen) atoms. The van der Waals surface area contributed by atoms with Crippen LogP contribution in [-0.4, -0.2) is 47.9 Å². The minimum Gasteiger partial charge on any atom is -0.461 e. The molecule has 0 aromatic rings. The third kappa shape index (κ3) is 4.82. The molecule has 0 spiro atoms. The molecule has 1 aliphatic carbocycles. The molecule has 0 aromatic carbocycles. The van der Waals surface area contributed by atoms with E-state index in [0.29, 0.717) is 28.7 Å². The van der Waals surface area contributed by atoms with Crippen LogP contribution in [0.25, 0.3) is 0 Å². The van der Waals surface area contributed by atoms with Gasteiger partial charge in [0, 0.05) is 20.3 Å². The molecule has 0 saturated heterocycles. The normalized spacial score (nSPS) is 30.3. The van der Waals surface area contributed by atoms with E-state index in [1.165, 1.54) is 13.8 Å². The van der Waals surface area contributed by atoms with Crippen LogP contribution >= 0.6 is 0 Å². The van der Waals surface area contributed by atoms with Crippen LogP contribution in [0.15, 0.2) is 34.4 Å². The molecule has 0 fully saturated rings. The van der Waals surface area contributed by atoms with E-state index in [4.69, 9.17) is 14.2 Å². The first-order chi connectivity index (χ1) is 12.2. The van der Waals surface area contributed by atoms with Crippen LogP contribution in [0.4, 0.5) is 0 Å². The van der Waals surface area contributed by atoms with Gasteiger partial charge in [-0.2, -0.15) is 0 Å². The fourth-order valence-electron chi connectivity index (χ4n) is 2.93. The molecule has 0 amide bonds. The van der Waals surface area contributed by atoms with Crippen LogP contribution in [-0.2, 0) is 28.6 Å². The van der Waals surface area contributed by atoms with Gasteiger partial charge in [0.1, 0.15) is 18.8 Å². The highest BCUT2D eigenvalue weighted by Crippen LogP contribution is 2.31. The van der Waals surface area contributed by atoms with Crippen molar-refractivity contribution in [2.75, 3.05) is 6.61 Å². The van der Waals surface area contributed by atoms with Gasteiger partial charge in [-0.1, -0.05) is 6.08 Å². The summed E-state index contributed by atoms with van der Waals surface area (Å²) in [4.78, 5) is 34.7. The summed E-state index contributed by atoms with van der Waals surface area (Å²) in [7, 11) is 0. The molecular formula is C19H24O7. The molecule has 0 saturated carbocycles. The summed E-state index contributed by atoms with van der Waals surface area (Å²) in [6.07, 6.45) is 2.11. The number of aliphatic hydroxyl groups is 1. The molecule has 0 unspecified atom stereocenters. The third-order valence-corrected chi connectivity index (χ3v) is 4.47. The summed E-state index contributed by atoms with van der Waals surface area (Å²) in [6, 6.07) is 0. The molecule has 7 nitrogen and oxygen atoms in total. The molecule has 0 radical (unpaired) electrons. The quantitative estimate of drug-likeness (QED) is 0.463. The maximum Gasteiger partial charge on any atom is 0.338 e. The molecule has 0 aromatic heterocycles. The fraction of sp³-hybridized carbons (Fsp3) is 0.526. The molecule has 0 bridgehead atoms. The first-order valence-electron chi connectivity index (χ1n) is 8.45. The zero-order valence-electron chi connectivity index (χ0n) is 15.4. The van der Waals surface area contributed by atoms with Gasteiger partial charge in [0.05, 0.1) is 11.7 Å². The van der Waals surface area contributed by atoms with Gasteiger partial charge in [-0.25, -0.2) is 4.79 Å². The summed E-state index contributed by atoms with van der Waals surface area (Å²) in [6.45, 7) is 5.95. The average molecular weight is 364 g/mol. The maximum atomic E-state index is 12.2. The summed E-state index contributed by atoms with van der Waals surface area (Å²) in [5, 5.41) is 10.4. The minimum atomic E-state index is -0.783. The van der Waals surface area contributed by atoms with E-state index in [1.54, 1.807) is 19.9 Å². The van der Waals surface area contributed by atoms with E-state index in [2.05, 4.69) is 0 Å². The SMILES string of the molecule is CC(=O)OCC1=C2C/C=C(/C)[C@@H](O)C[C@@H](OC(C)=O)/C(C)=C\[C@H]2OC1=O. The van der Waals surface area contributed by atoms with Gasteiger partial charge in [0.25, 0.3) is 0 Å². The van der Waals surface area contributed by atoms with Crippen molar-refractivity contribution in [2.45, 2.75) is 58.8 Å². The summed E-state index contributed by atoms with van der Waals surface area (Å²) < 4.78 is 15.7. The Morgan fingerprint density at radius 1 is 1.23 bits per heavy atom. The van der Waals surface area contributed by atoms with Crippen LogP contribution < -0.4 is 0 Å². The highest BCUT2D eigenvalue weighted by molar-refractivity contribution is 5.93. The van der Waals surface area contributed by atoms with Crippen LogP contribution in [0.1, 0.15) is 40.5 Å². The van der Waals surface area contributed by atoms with Gasteiger partial charge in [-0.3, -0.25) is 9.59 Å². The fourth-order valence-corrected chi connectivity index (χ4v) is 2.93. The molecule has 142 valence electrons. The highest BCUT2D eigenvalue weighted by atomic mass is 16.6. The molecule has 3 atom stereocenters. The number of hydrogen-bond donors (Lipinski definition) is 1. The minimum absolute atomic E-state index is 0.157. The van der Waals surface area contributed by atoms with E-state index in [0.717, 1.165) is 0 Å². The van der Waals surface area contributed by atoms with Crippen LogP contribution in [0, 0.1) is 0 Å². The number of carbonyl (C=O) groups is 3. The summed E-state index contributed by atoms with van der Waals surface area (Å²) in [5.74, 6) is -1.48. The summed E-state index contributed by atoms with van der Waals surface area (Å²) in [5.41, 5.74) is 2.36. The topological polar surface area (TPSA) is 99.1 Å². The van der Waals surface area contributed by atoms with Crippen molar-refractivity contribution in [2.24, 2.45) is 0 Å². The van der Waals surface area contributed by atoms with Crippen molar-refractivity contribution in [3.8, 4) is 0 Å². The van der Waals surface area contributed by atoms with Crippen LogP contribution in [0.2, 0.25) is 0 Å². The zero-order chi connectivity index (χ0) is 19.4. The van der Waals surface area contributed by atoms with E-state index in [-0.39, 0.29) is 13.0 Å². The average Bonchev–Trinajstić information content (AvgIpc) is 2.83. The Morgan fingerprint density at radius 3 is 2.54 bits per heavy atom. The molecule has 7 heteroatoms. The van der Waals surface area contributed by atoms with Gasteiger partial charge >= 0.3 is 17.9 Å². The Labute approximate surface area is 152 Å².